The number of nitrogens with zero attached hydrogens (tertiary/aromatic N) is 2. The fourth-order valence-electron chi connectivity index (χ4n) is 0.546. The maximum atomic E-state index is 10.8. The summed E-state index contributed by atoms with van der Waals surface area (Å²) in [5, 5.41) is 3.67. The van der Waals surface area contributed by atoms with Gasteiger partial charge in [-0.3, -0.25) is 4.79 Å². The highest BCUT2D eigenvalue weighted by Crippen LogP contribution is 2.02. The van der Waals surface area contributed by atoms with E-state index in [4.69, 9.17) is 11.8 Å². The Morgan fingerprint density at radius 1 is 1.80 bits per heavy atom. The largest absolute Gasteiger partial charge is 0.296 e. The number of halogens is 2. The first-order chi connectivity index (χ1) is 4.61. The van der Waals surface area contributed by atoms with E-state index in [9.17, 15) is 4.79 Å². The Bertz CT molecular complexity index is 283. The average Bonchev–Trinajstić information content (AvgIpc) is 1.82. The Labute approximate surface area is 70.9 Å². The van der Waals surface area contributed by atoms with Crippen LogP contribution in [0.4, 0.5) is 0 Å². The molecular formula is C5H4BrClN2O. The monoisotopic (exact) mass is 222 g/mol. The normalized spacial score (nSPS) is 9.90. The molecule has 1 aromatic heterocycles. The van der Waals surface area contributed by atoms with Crippen LogP contribution in [0.5, 0.6) is 0 Å². The van der Waals surface area contributed by atoms with Crippen molar-refractivity contribution in [2.75, 3.05) is 0 Å². The lowest BCUT2D eigenvalue weighted by atomic mass is 10.4. The molecule has 1 rings (SSSR count). The van der Waals surface area contributed by atoms with Gasteiger partial charge in [-0.1, -0.05) is 0 Å². The van der Waals surface area contributed by atoms with Crippen molar-refractivity contribution in [1.29, 1.82) is 0 Å². The van der Waals surface area contributed by atoms with E-state index in [2.05, 4.69) is 21.0 Å². The quantitative estimate of drug-likeness (QED) is 0.665. The van der Waals surface area contributed by atoms with Gasteiger partial charge in [0.25, 0.3) is 5.56 Å². The van der Waals surface area contributed by atoms with Crippen LogP contribution < -0.4 is 5.56 Å². The number of aromatic nitrogens is 2. The second-order valence-electron chi connectivity index (χ2n) is 1.80. The summed E-state index contributed by atoms with van der Waals surface area (Å²) in [5.74, 6) is 0. The third-order valence-corrected chi connectivity index (χ3v) is 1.75. The molecule has 0 N–H and O–H groups in total. The average molecular weight is 223 g/mol. The molecular weight excluding hydrogens is 219 g/mol. The van der Waals surface area contributed by atoms with Crippen molar-refractivity contribution in [2.45, 2.75) is 6.92 Å². The fourth-order valence-corrected chi connectivity index (χ4v) is 1.36. The van der Waals surface area contributed by atoms with Gasteiger partial charge in [0, 0.05) is 11.8 Å². The molecule has 0 saturated heterocycles. The van der Waals surface area contributed by atoms with Gasteiger partial charge >= 0.3 is 0 Å². The molecule has 1 heterocycles. The lowest BCUT2D eigenvalue weighted by molar-refractivity contribution is 0.863. The summed E-state index contributed by atoms with van der Waals surface area (Å²) >= 11 is 8.42. The van der Waals surface area contributed by atoms with E-state index < -0.39 is 0 Å². The predicted octanol–water partition coefficient (Wildman–Crippen LogP) is 1.32. The van der Waals surface area contributed by atoms with Crippen LogP contribution in [-0.4, -0.2) is 9.30 Å². The molecule has 0 fully saturated rings. The molecule has 0 atom stereocenters. The minimum absolute atomic E-state index is 0.340. The molecule has 10 heavy (non-hydrogen) atoms. The highest BCUT2D eigenvalue weighted by molar-refractivity contribution is 9.10. The molecule has 3 nitrogen and oxygen atoms in total. The third-order valence-electron chi connectivity index (χ3n) is 0.953. The smallest absolute Gasteiger partial charge is 0.265 e. The molecule has 0 saturated carbocycles. The summed E-state index contributed by atoms with van der Waals surface area (Å²) in [4.78, 5) is 10.8. The lowest BCUT2D eigenvalue weighted by Gasteiger charge is -1.94. The van der Waals surface area contributed by atoms with Crippen molar-refractivity contribution in [3.8, 4) is 0 Å². The first kappa shape index (κ1) is 7.75. The molecule has 1 aromatic rings. The Balaban J connectivity index is 3.46. The molecule has 0 unspecified atom stereocenters. The molecule has 0 radical (unpaired) electrons. The lowest BCUT2D eigenvalue weighted by Crippen LogP contribution is -2.16. The highest BCUT2D eigenvalue weighted by Gasteiger charge is 1.99. The summed E-state index contributed by atoms with van der Waals surface area (Å²) in [7, 11) is 0. The number of hydrogen-bond acceptors (Lipinski definition) is 2. The molecule has 0 spiro atoms. The van der Waals surface area contributed by atoms with Crippen LogP contribution in [0.2, 0.25) is 0 Å². The van der Waals surface area contributed by atoms with Gasteiger partial charge in [-0.2, -0.15) is 5.10 Å². The summed E-state index contributed by atoms with van der Waals surface area (Å²) in [6, 6.07) is 1.61. The summed E-state index contributed by atoms with van der Waals surface area (Å²) in [5.41, 5.74) is 0.355. The molecule has 54 valence electrons. The van der Waals surface area contributed by atoms with Crippen LogP contribution in [0.3, 0.4) is 0 Å². The van der Waals surface area contributed by atoms with Crippen LogP contribution in [0, 0.1) is 6.92 Å². The summed E-state index contributed by atoms with van der Waals surface area (Å²) in [6.45, 7) is 1.75. The number of aryl methyl sites for hydroxylation is 1. The van der Waals surface area contributed by atoms with E-state index >= 15 is 0 Å². The van der Waals surface area contributed by atoms with E-state index in [1.807, 2.05) is 0 Å². The van der Waals surface area contributed by atoms with Gasteiger partial charge in [-0.15, -0.1) is 4.20 Å². The zero-order valence-electron chi connectivity index (χ0n) is 5.14. The highest BCUT2D eigenvalue weighted by atomic mass is 79.9. The second-order valence-corrected chi connectivity index (χ2v) is 2.97. The van der Waals surface area contributed by atoms with Crippen LogP contribution in [0.1, 0.15) is 5.69 Å². The van der Waals surface area contributed by atoms with Gasteiger partial charge in [0.2, 0.25) is 0 Å². The fraction of sp³-hybridized carbons (Fsp3) is 0.200. The molecule has 0 aliphatic rings. The van der Waals surface area contributed by atoms with Gasteiger partial charge in [-0.25, -0.2) is 0 Å². The number of hydrogen-bond donors (Lipinski definition) is 0. The first-order valence-electron chi connectivity index (χ1n) is 2.54. The zero-order valence-corrected chi connectivity index (χ0v) is 7.48. The SMILES string of the molecule is Cc1cc(Br)c(=O)n(Cl)n1. The Kier molecular flexibility index (Phi) is 2.11. The van der Waals surface area contributed by atoms with Crippen LogP contribution >= 0.6 is 27.7 Å². The Morgan fingerprint density at radius 2 is 2.40 bits per heavy atom. The van der Waals surface area contributed by atoms with E-state index in [1.54, 1.807) is 13.0 Å². The van der Waals surface area contributed by atoms with E-state index in [-0.39, 0.29) is 5.56 Å². The van der Waals surface area contributed by atoms with Crippen molar-refractivity contribution in [1.82, 2.24) is 9.30 Å². The van der Waals surface area contributed by atoms with E-state index in [0.717, 1.165) is 4.20 Å². The van der Waals surface area contributed by atoms with Crippen LogP contribution in [0.25, 0.3) is 0 Å². The van der Waals surface area contributed by atoms with Crippen LogP contribution in [-0.2, 0) is 0 Å². The molecule has 5 heteroatoms. The topological polar surface area (TPSA) is 34.9 Å². The minimum atomic E-state index is -0.340. The van der Waals surface area contributed by atoms with Gasteiger partial charge in [0.1, 0.15) is 0 Å². The van der Waals surface area contributed by atoms with Gasteiger partial charge in [0.15, 0.2) is 0 Å². The molecule has 0 amide bonds. The molecule has 0 bridgehead atoms. The maximum Gasteiger partial charge on any atom is 0.296 e. The predicted molar refractivity (Wildman–Crippen MR) is 42.2 cm³/mol. The minimum Gasteiger partial charge on any atom is -0.265 e. The Hall–Kier alpha value is -0.350. The maximum absolute atomic E-state index is 10.8. The van der Waals surface area contributed by atoms with Crippen molar-refractivity contribution >= 4 is 27.7 Å². The first-order valence-corrected chi connectivity index (χ1v) is 3.67. The number of rotatable bonds is 0. The molecule has 0 aliphatic carbocycles. The second kappa shape index (κ2) is 2.72. The third kappa shape index (κ3) is 1.38. The molecule has 0 aliphatic heterocycles. The van der Waals surface area contributed by atoms with Crippen molar-refractivity contribution in [2.24, 2.45) is 0 Å². The van der Waals surface area contributed by atoms with Gasteiger partial charge in [-0.05, 0) is 28.9 Å². The summed E-state index contributed by atoms with van der Waals surface area (Å²) in [6.07, 6.45) is 0. The van der Waals surface area contributed by atoms with Crippen LogP contribution in [0.15, 0.2) is 15.3 Å². The van der Waals surface area contributed by atoms with E-state index in [1.165, 1.54) is 0 Å². The van der Waals surface area contributed by atoms with Crippen molar-refractivity contribution in [3.05, 3.63) is 26.6 Å². The van der Waals surface area contributed by atoms with Crippen molar-refractivity contribution < 1.29 is 0 Å². The molecule has 0 aromatic carbocycles. The van der Waals surface area contributed by atoms with Gasteiger partial charge in [0.05, 0.1) is 10.2 Å². The van der Waals surface area contributed by atoms with Gasteiger partial charge < -0.3 is 0 Å². The van der Waals surface area contributed by atoms with Crippen molar-refractivity contribution in [3.63, 3.8) is 0 Å². The standard InChI is InChI=1S/C5H4BrClN2O/c1-3-2-4(6)5(10)9(7)8-3/h2H,1H3. The van der Waals surface area contributed by atoms with E-state index in [0.29, 0.717) is 10.2 Å². The summed E-state index contributed by atoms with van der Waals surface area (Å²) < 4.78 is 1.20. The zero-order chi connectivity index (χ0) is 7.72. The Morgan fingerprint density at radius 3 is 2.90 bits per heavy atom.